The first kappa shape index (κ1) is 18.7. The number of nitrogens with zero attached hydrogens (tertiary/aromatic N) is 4. The number of aliphatic hydroxyl groups excluding tert-OH is 2. The van der Waals surface area contributed by atoms with Gasteiger partial charge in [0.2, 0.25) is 0 Å². The number of anilines is 1. The zero-order valence-electron chi connectivity index (χ0n) is 12.6. The lowest BCUT2D eigenvalue weighted by Gasteiger charge is -2.22. The Kier molecular flexibility index (Phi) is 4.51. The van der Waals surface area contributed by atoms with Gasteiger partial charge in [-0.3, -0.25) is 8.75 Å². The van der Waals surface area contributed by atoms with Gasteiger partial charge in [0.05, 0.1) is 12.9 Å². The van der Waals surface area contributed by atoms with Crippen LogP contribution < -0.4 is 5.73 Å². The number of nitrogens with two attached hydrogens (primary N) is 1. The number of ether oxygens (including phenoxy) is 1. The first-order valence-electron chi connectivity index (χ1n) is 6.93. The van der Waals surface area contributed by atoms with Gasteiger partial charge in [-0.15, -0.1) is 0 Å². The Balaban J connectivity index is 2.04. The minimum Gasteiger partial charge on any atom is -0.394 e. The molecule has 2 aromatic rings. The van der Waals surface area contributed by atoms with Crippen LogP contribution in [0.25, 0.3) is 11.2 Å². The van der Waals surface area contributed by atoms with Gasteiger partial charge in [-0.2, -0.15) is 21.6 Å². The Labute approximate surface area is 143 Å². The maximum Gasteiger partial charge on any atom is 0.523 e. The maximum atomic E-state index is 12.6. The molecule has 15 heteroatoms. The van der Waals surface area contributed by atoms with Crippen molar-refractivity contribution in [3.8, 4) is 0 Å². The molecule has 3 rings (SSSR count). The summed E-state index contributed by atoms with van der Waals surface area (Å²) in [7, 11) is -6.04. The number of rotatable bonds is 4. The predicted molar refractivity (Wildman–Crippen MR) is 76.6 cm³/mol. The first-order valence-corrected chi connectivity index (χ1v) is 8.34. The van der Waals surface area contributed by atoms with Gasteiger partial charge in [-0.1, -0.05) is 0 Å². The van der Waals surface area contributed by atoms with Crippen molar-refractivity contribution in [2.75, 3.05) is 12.3 Å². The molecule has 0 aromatic carbocycles. The Morgan fingerprint density at radius 3 is 2.65 bits per heavy atom. The molecule has 1 aliphatic rings. The van der Waals surface area contributed by atoms with Gasteiger partial charge < -0.3 is 20.7 Å². The third kappa shape index (κ3) is 2.96. The number of halogens is 3. The number of nitrogen functional groups attached to an aromatic ring is 1. The summed E-state index contributed by atoms with van der Waals surface area (Å²) >= 11 is 0. The number of alkyl halides is 3. The van der Waals surface area contributed by atoms with E-state index in [0.29, 0.717) is 0 Å². The fourth-order valence-corrected chi connectivity index (χ4v) is 3.06. The van der Waals surface area contributed by atoms with Crippen molar-refractivity contribution < 1.29 is 40.7 Å². The zero-order valence-corrected chi connectivity index (χ0v) is 13.4. The smallest absolute Gasteiger partial charge is 0.394 e. The summed E-state index contributed by atoms with van der Waals surface area (Å²) < 4.78 is 71.0. The Morgan fingerprint density at radius 2 is 2.04 bits per heavy atom. The highest BCUT2D eigenvalue weighted by atomic mass is 32.2. The van der Waals surface area contributed by atoms with Crippen LogP contribution in [0.4, 0.5) is 19.0 Å². The summed E-state index contributed by atoms with van der Waals surface area (Å²) in [6.45, 7) is -0.798. The monoisotopic (exact) mass is 399 g/mol. The van der Waals surface area contributed by atoms with Crippen molar-refractivity contribution in [3.63, 3.8) is 0 Å². The summed E-state index contributed by atoms with van der Waals surface area (Å²) in [6, 6.07) is 0. The van der Waals surface area contributed by atoms with E-state index >= 15 is 0 Å². The molecule has 26 heavy (non-hydrogen) atoms. The van der Waals surface area contributed by atoms with Crippen LogP contribution in [0.3, 0.4) is 0 Å². The van der Waals surface area contributed by atoms with Gasteiger partial charge in [-0.05, 0) is 0 Å². The zero-order chi connectivity index (χ0) is 19.3. The third-order valence-corrected chi connectivity index (χ3v) is 4.72. The summed E-state index contributed by atoms with van der Waals surface area (Å²) in [5.41, 5.74) is -0.0157. The van der Waals surface area contributed by atoms with E-state index in [1.165, 1.54) is 0 Å². The summed E-state index contributed by atoms with van der Waals surface area (Å²) in [6.07, 6.45) is -4.77. The van der Waals surface area contributed by atoms with E-state index in [-0.39, 0.29) is 17.0 Å². The second-order valence-corrected chi connectivity index (χ2v) is 6.85. The number of hydrogen-bond donors (Lipinski definition) is 3. The Morgan fingerprint density at radius 1 is 1.35 bits per heavy atom. The van der Waals surface area contributed by atoms with Crippen molar-refractivity contribution in [2.45, 2.75) is 30.0 Å². The van der Waals surface area contributed by atoms with Crippen molar-refractivity contribution in [1.29, 1.82) is 0 Å². The molecule has 2 aromatic heterocycles. The summed E-state index contributed by atoms with van der Waals surface area (Å²) in [4.78, 5) is 11.4. The number of imidazole rings is 1. The van der Waals surface area contributed by atoms with Crippen molar-refractivity contribution in [3.05, 3.63) is 12.7 Å². The van der Waals surface area contributed by atoms with Gasteiger partial charge in [0.15, 0.2) is 23.8 Å². The minimum absolute atomic E-state index is 0.00583. The van der Waals surface area contributed by atoms with Crippen molar-refractivity contribution in [1.82, 2.24) is 19.5 Å². The van der Waals surface area contributed by atoms with Crippen LogP contribution in [0.2, 0.25) is 0 Å². The maximum absolute atomic E-state index is 12.6. The van der Waals surface area contributed by atoms with E-state index in [2.05, 4.69) is 19.1 Å². The number of hydrogen-bond acceptors (Lipinski definition) is 10. The molecule has 0 aliphatic carbocycles. The van der Waals surface area contributed by atoms with Crippen molar-refractivity contribution in [2.24, 2.45) is 0 Å². The van der Waals surface area contributed by atoms with Crippen LogP contribution in [0.1, 0.15) is 6.23 Å². The molecule has 0 radical (unpaired) electrons. The summed E-state index contributed by atoms with van der Waals surface area (Å²) in [5.74, 6) is -0.0358. The quantitative estimate of drug-likeness (QED) is 0.424. The highest BCUT2D eigenvalue weighted by molar-refractivity contribution is 7.87. The molecule has 11 nitrogen and oxygen atoms in total. The predicted octanol–water partition coefficient (Wildman–Crippen LogP) is -1.11. The standard InChI is InChI=1S/C11H12F3N5O6S/c12-11(13,14)26(22,23)25-7-6(21)4(1-20)24-10(7)19-3-18-5-8(15)16-2-17-9(5)19/h2-4,6-7,10,20-21H,1H2,(H2,15,16,17)/t4-,6-,7-,10-/m0/s1. The first-order chi connectivity index (χ1) is 12.1. The molecule has 0 saturated carbocycles. The lowest BCUT2D eigenvalue weighted by Crippen LogP contribution is -2.40. The second kappa shape index (κ2) is 6.27. The van der Waals surface area contributed by atoms with E-state index in [4.69, 9.17) is 10.5 Å². The van der Waals surface area contributed by atoms with Gasteiger partial charge in [0, 0.05) is 0 Å². The molecule has 1 saturated heterocycles. The summed E-state index contributed by atoms with van der Waals surface area (Å²) in [5, 5.41) is 19.2. The molecule has 4 N–H and O–H groups in total. The van der Waals surface area contributed by atoms with Gasteiger partial charge in [-0.25, -0.2) is 15.0 Å². The molecule has 144 valence electrons. The highest BCUT2D eigenvalue weighted by Crippen LogP contribution is 2.37. The van der Waals surface area contributed by atoms with E-state index in [9.17, 15) is 31.8 Å². The Hall–Kier alpha value is -2.07. The van der Waals surface area contributed by atoms with Crippen LogP contribution in [0.5, 0.6) is 0 Å². The number of aliphatic hydroxyl groups is 2. The normalized spacial score (nSPS) is 27.3. The second-order valence-electron chi connectivity index (χ2n) is 5.28. The topological polar surface area (TPSA) is 163 Å². The van der Waals surface area contributed by atoms with Gasteiger partial charge >= 0.3 is 15.6 Å². The average molecular weight is 399 g/mol. The number of fused-ring (bicyclic) bond motifs is 1. The molecule has 3 heterocycles. The lowest BCUT2D eigenvalue weighted by molar-refractivity contribution is -0.0698. The van der Waals surface area contributed by atoms with E-state index in [0.717, 1.165) is 17.2 Å². The molecule has 0 unspecified atom stereocenters. The van der Waals surface area contributed by atoms with E-state index < -0.39 is 46.8 Å². The third-order valence-electron chi connectivity index (χ3n) is 3.68. The van der Waals surface area contributed by atoms with Crippen LogP contribution >= 0.6 is 0 Å². The average Bonchev–Trinajstić information content (AvgIpc) is 3.09. The lowest BCUT2D eigenvalue weighted by atomic mass is 10.1. The fourth-order valence-electron chi connectivity index (χ4n) is 2.45. The number of aromatic nitrogens is 4. The largest absolute Gasteiger partial charge is 0.523 e. The molecule has 0 spiro atoms. The van der Waals surface area contributed by atoms with E-state index in [1.807, 2.05) is 0 Å². The van der Waals surface area contributed by atoms with Crippen molar-refractivity contribution >= 4 is 27.1 Å². The van der Waals surface area contributed by atoms with Gasteiger partial charge in [0.25, 0.3) is 0 Å². The fraction of sp³-hybridized carbons (Fsp3) is 0.545. The SMILES string of the molecule is Nc1ncnc2c1ncn2[C@H]1O[C@@H](CO)[C@H](O)[C@@H]1OS(=O)(=O)C(F)(F)F. The van der Waals surface area contributed by atoms with E-state index in [1.54, 1.807) is 0 Å². The molecule has 0 bridgehead atoms. The van der Waals surface area contributed by atoms with Crippen LogP contribution in [0.15, 0.2) is 12.7 Å². The minimum atomic E-state index is -6.04. The molecule has 4 atom stereocenters. The molecular weight excluding hydrogens is 387 g/mol. The Bertz CT molecular complexity index is 919. The molecule has 1 aliphatic heterocycles. The van der Waals surface area contributed by atoms with Crippen LogP contribution in [-0.4, -0.2) is 68.6 Å². The van der Waals surface area contributed by atoms with Crippen LogP contribution in [0, 0.1) is 0 Å². The highest BCUT2D eigenvalue weighted by Gasteiger charge is 2.54. The van der Waals surface area contributed by atoms with Crippen LogP contribution in [-0.2, 0) is 19.0 Å². The molecular formula is C11H12F3N5O6S. The van der Waals surface area contributed by atoms with Gasteiger partial charge in [0.1, 0.15) is 24.1 Å². The molecule has 1 fully saturated rings. The molecule has 0 amide bonds.